The van der Waals surface area contributed by atoms with Crippen molar-refractivity contribution in [3.05, 3.63) is 60.2 Å². The summed E-state index contributed by atoms with van der Waals surface area (Å²) in [6.07, 6.45) is 0.345. The molecule has 0 unspecified atom stereocenters. The molecule has 0 spiro atoms. The largest absolute Gasteiger partial charge is 0.366 e. The van der Waals surface area contributed by atoms with E-state index in [0.717, 1.165) is 0 Å². The van der Waals surface area contributed by atoms with Crippen molar-refractivity contribution in [3.8, 4) is 0 Å². The third kappa shape index (κ3) is 5.00. The van der Waals surface area contributed by atoms with Crippen LogP contribution >= 0.6 is 0 Å². The summed E-state index contributed by atoms with van der Waals surface area (Å²) in [7, 11) is 0. The van der Waals surface area contributed by atoms with Crippen LogP contribution in [0.1, 0.15) is 12.8 Å². The number of amides is 2. The molecule has 4 rings (SSSR count). The summed E-state index contributed by atoms with van der Waals surface area (Å²) in [5.41, 5.74) is 1.12. The second kappa shape index (κ2) is 9.97. The molecule has 2 aromatic rings. The van der Waals surface area contributed by atoms with Crippen LogP contribution in [0.15, 0.2) is 48.5 Å². The number of rotatable bonds is 5. The molecule has 2 saturated heterocycles. The maximum atomic E-state index is 14.0. The molecule has 8 heteroatoms. The summed E-state index contributed by atoms with van der Waals surface area (Å²) < 4.78 is 27.9. The standard InChI is InChI=1S/C24H28F2N4O2/c25-19-5-1-3-7-21(19)27-11-15-29(16-12-27)23(31)9-10-24(32)30-17-13-28(14-18-30)22-8-4-2-6-20(22)26/h1-8H,9-18H2. The SMILES string of the molecule is O=C(CCC(=O)N1CCN(c2ccccc2F)CC1)N1CCN(c2ccccc2F)CC1. The number of carbonyl (C=O) groups excluding carboxylic acids is 2. The molecule has 0 bridgehead atoms. The Bertz CT molecular complexity index is 877. The Hall–Kier alpha value is -3.16. The summed E-state index contributed by atoms with van der Waals surface area (Å²) in [6, 6.07) is 13.3. The molecule has 2 heterocycles. The molecule has 6 nitrogen and oxygen atoms in total. The Labute approximate surface area is 187 Å². The topological polar surface area (TPSA) is 47.1 Å². The lowest BCUT2D eigenvalue weighted by Crippen LogP contribution is -2.50. The molecule has 0 radical (unpaired) electrons. The predicted molar refractivity (Wildman–Crippen MR) is 120 cm³/mol. The van der Waals surface area contributed by atoms with Crippen molar-refractivity contribution >= 4 is 23.2 Å². The number of piperazine rings is 2. The smallest absolute Gasteiger partial charge is 0.223 e. The predicted octanol–water partition coefficient (Wildman–Crippen LogP) is 2.74. The average molecular weight is 443 g/mol. The van der Waals surface area contributed by atoms with Crippen molar-refractivity contribution in [2.75, 3.05) is 62.2 Å². The Morgan fingerprint density at radius 1 is 0.594 bits per heavy atom. The van der Waals surface area contributed by atoms with E-state index in [1.165, 1.54) is 12.1 Å². The van der Waals surface area contributed by atoms with Crippen LogP contribution in [0.25, 0.3) is 0 Å². The molecule has 0 saturated carbocycles. The minimum atomic E-state index is -0.257. The summed E-state index contributed by atoms with van der Waals surface area (Å²) in [6.45, 7) is 4.34. The molecule has 2 aromatic carbocycles. The first-order valence-corrected chi connectivity index (χ1v) is 11.1. The van der Waals surface area contributed by atoms with Crippen LogP contribution in [-0.2, 0) is 9.59 Å². The van der Waals surface area contributed by atoms with E-state index in [0.29, 0.717) is 63.7 Å². The zero-order valence-electron chi connectivity index (χ0n) is 18.1. The highest BCUT2D eigenvalue weighted by Gasteiger charge is 2.26. The van der Waals surface area contributed by atoms with E-state index in [-0.39, 0.29) is 36.3 Å². The van der Waals surface area contributed by atoms with Gasteiger partial charge in [-0.3, -0.25) is 9.59 Å². The van der Waals surface area contributed by atoms with Gasteiger partial charge in [-0.2, -0.15) is 0 Å². The van der Waals surface area contributed by atoms with Crippen molar-refractivity contribution < 1.29 is 18.4 Å². The van der Waals surface area contributed by atoms with E-state index in [1.807, 2.05) is 9.80 Å². The number of hydrogen-bond donors (Lipinski definition) is 0. The van der Waals surface area contributed by atoms with Gasteiger partial charge in [-0.1, -0.05) is 24.3 Å². The first-order valence-electron chi connectivity index (χ1n) is 11.1. The monoisotopic (exact) mass is 442 g/mol. The van der Waals surface area contributed by atoms with E-state index in [4.69, 9.17) is 0 Å². The van der Waals surface area contributed by atoms with Crippen molar-refractivity contribution in [1.29, 1.82) is 0 Å². The van der Waals surface area contributed by atoms with E-state index in [9.17, 15) is 18.4 Å². The highest BCUT2D eigenvalue weighted by molar-refractivity contribution is 5.84. The van der Waals surface area contributed by atoms with Gasteiger partial charge in [-0.15, -0.1) is 0 Å². The molecule has 0 N–H and O–H groups in total. The number of nitrogens with zero attached hydrogens (tertiary/aromatic N) is 4. The highest BCUT2D eigenvalue weighted by Crippen LogP contribution is 2.22. The average Bonchev–Trinajstić information content (AvgIpc) is 2.83. The van der Waals surface area contributed by atoms with Gasteiger partial charge >= 0.3 is 0 Å². The molecule has 2 amide bonds. The van der Waals surface area contributed by atoms with Gasteiger partial charge in [0, 0.05) is 65.2 Å². The number of benzene rings is 2. The lowest BCUT2D eigenvalue weighted by Gasteiger charge is -2.37. The molecule has 2 fully saturated rings. The fraction of sp³-hybridized carbons (Fsp3) is 0.417. The molecule has 0 aromatic heterocycles. The van der Waals surface area contributed by atoms with Crippen LogP contribution in [0.3, 0.4) is 0 Å². The Morgan fingerprint density at radius 2 is 0.938 bits per heavy atom. The minimum absolute atomic E-state index is 0.0449. The van der Waals surface area contributed by atoms with Gasteiger partial charge in [0.1, 0.15) is 11.6 Å². The lowest BCUT2D eigenvalue weighted by molar-refractivity contribution is -0.137. The van der Waals surface area contributed by atoms with Gasteiger partial charge in [0.15, 0.2) is 0 Å². The molecule has 2 aliphatic rings. The van der Waals surface area contributed by atoms with Gasteiger partial charge in [-0.05, 0) is 24.3 Å². The van der Waals surface area contributed by atoms with Crippen LogP contribution in [0.2, 0.25) is 0 Å². The Kier molecular flexibility index (Phi) is 6.87. The third-order valence-electron chi connectivity index (χ3n) is 6.20. The maximum Gasteiger partial charge on any atom is 0.223 e. The molecule has 170 valence electrons. The van der Waals surface area contributed by atoms with Crippen molar-refractivity contribution in [3.63, 3.8) is 0 Å². The number of para-hydroxylation sites is 2. The van der Waals surface area contributed by atoms with Crippen molar-refractivity contribution in [1.82, 2.24) is 9.80 Å². The van der Waals surface area contributed by atoms with Crippen LogP contribution in [0.5, 0.6) is 0 Å². The van der Waals surface area contributed by atoms with E-state index in [2.05, 4.69) is 0 Å². The van der Waals surface area contributed by atoms with Gasteiger partial charge in [0.25, 0.3) is 0 Å². The second-order valence-corrected chi connectivity index (χ2v) is 8.14. The van der Waals surface area contributed by atoms with Crippen molar-refractivity contribution in [2.45, 2.75) is 12.8 Å². The lowest BCUT2D eigenvalue weighted by atomic mass is 10.2. The Balaban J connectivity index is 1.20. The zero-order chi connectivity index (χ0) is 22.5. The molecule has 32 heavy (non-hydrogen) atoms. The first kappa shape index (κ1) is 22.0. The van der Waals surface area contributed by atoms with E-state index < -0.39 is 0 Å². The van der Waals surface area contributed by atoms with Crippen LogP contribution in [0.4, 0.5) is 20.2 Å². The molecule has 0 atom stereocenters. The highest BCUT2D eigenvalue weighted by atomic mass is 19.1. The first-order chi connectivity index (χ1) is 15.5. The summed E-state index contributed by atoms with van der Waals surface area (Å²) in [5.74, 6) is -0.603. The quantitative estimate of drug-likeness (QED) is 0.715. The summed E-state index contributed by atoms with van der Waals surface area (Å²) >= 11 is 0. The van der Waals surface area contributed by atoms with E-state index in [1.54, 1.807) is 46.2 Å². The van der Waals surface area contributed by atoms with Crippen LogP contribution in [0, 0.1) is 11.6 Å². The molecular weight excluding hydrogens is 414 g/mol. The van der Waals surface area contributed by atoms with Crippen molar-refractivity contribution in [2.24, 2.45) is 0 Å². The van der Waals surface area contributed by atoms with Crippen LogP contribution in [-0.4, -0.2) is 74.0 Å². The second-order valence-electron chi connectivity index (χ2n) is 8.14. The fourth-order valence-corrected chi connectivity index (χ4v) is 4.34. The Morgan fingerprint density at radius 3 is 1.28 bits per heavy atom. The molecule has 0 aliphatic carbocycles. The summed E-state index contributed by atoms with van der Waals surface area (Å²) in [4.78, 5) is 32.6. The molecular formula is C24H28F2N4O2. The molecule has 2 aliphatic heterocycles. The maximum absolute atomic E-state index is 14.0. The van der Waals surface area contributed by atoms with Gasteiger partial charge in [0.05, 0.1) is 11.4 Å². The third-order valence-corrected chi connectivity index (χ3v) is 6.20. The van der Waals surface area contributed by atoms with Gasteiger partial charge in [-0.25, -0.2) is 8.78 Å². The summed E-state index contributed by atoms with van der Waals surface area (Å²) in [5, 5.41) is 0. The number of hydrogen-bond acceptors (Lipinski definition) is 4. The van der Waals surface area contributed by atoms with E-state index >= 15 is 0 Å². The number of anilines is 2. The zero-order valence-corrected chi connectivity index (χ0v) is 18.1. The normalized spacial score (nSPS) is 16.9. The van der Waals surface area contributed by atoms with Gasteiger partial charge < -0.3 is 19.6 Å². The number of carbonyl (C=O) groups is 2. The van der Waals surface area contributed by atoms with Gasteiger partial charge in [0.2, 0.25) is 11.8 Å². The fourth-order valence-electron chi connectivity index (χ4n) is 4.34. The number of halogens is 2. The van der Waals surface area contributed by atoms with Crippen LogP contribution < -0.4 is 9.80 Å². The minimum Gasteiger partial charge on any atom is -0.366 e.